The van der Waals surface area contributed by atoms with Crippen LogP contribution in [0.25, 0.3) is 0 Å². The highest BCUT2D eigenvalue weighted by atomic mass is 14.9. The number of aromatic nitrogens is 1. The van der Waals surface area contributed by atoms with Crippen molar-refractivity contribution >= 4 is 5.69 Å². The van der Waals surface area contributed by atoms with Crippen LogP contribution >= 0.6 is 0 Å². The molecule has 0 atom stereocenters. The van der Waals surface area contributed by atoms with E-state index < -0.39 is 0 Å². The van der Waals surface area contributed by atoms with Crippen molar-refractivity contribution in [3.05, 3.63) is 61.1 Å². The first kappa shape index (κ1) is 17.2. The Morgan fingerprint density at radius 2 is 1.89 bits per heavy atom. The third kappa shape index (κ3) is 11.0. The van der Waals surface area contributed by atoms with Crippen molar-refractivity contribution in [3.63, 3.8) is 0 Å². The molecular formula is C17H26N2. The topological polar surface area (TPSA) is 24.9 Å². The lowest BCUT2D eigenvalue weighted by molar-refractivity contribution is 0.626. The van der Waals surface area contributed by atoms with Gasteiger partial charge in [0.2, 0.25) is 0 Å². The van der Waals surface area contributed by atoms with E-state index in [2.05, 4.69) is 37.7 Å². The molecular weight excluding hydrogens is 232 g/mol. The SMILES string of the molecule is C=C(/C=C\C=C/C)Nc1ccncc1.CCC(C)C. The number of pyridine rings is 1. The molecule has 0 aromatic carbocycles. The molecule has 1 rings (SSSR count). The van der Waals surface area contributed by atoms with Gasteiger partial charge >= 0.3 is 0 Å². The number of anilines is 1. The molecule has 0 saturated carbocycles. The van der Waals surface area contributed by atoms with Crippen LogP contribution in [-0.2, 0) is 0 Å². The zero-order valence-electron chi connectivity index (χ0n) is 12.6. The van der Waals surface area contributed by atoms with Crippen molar-refractivity contribution in [2.24, 2.45) is 5.92 Å². The van der Waals surface area contributed by atoms with Gasteiger partial charge < -0.3 is 5.32 Å². The molecule has 0 spiro atoms. The third-order valence-electron chi connectivity index (χ3n) is 2.40. The van der Waals surface area contributed by atoms with E-state index in [-0.39, 0.29) is 0 Å². The van der Waals surface area contributed by atoms with E-state index in [1.165, 1.54) is 6.42 Å². The number of nitrogens with one attached hydrogen (secondary N) is 1. The minimum atomic E-state index is 0.856. The van der Waals surface area contributed by atoms with E-state index in [9.17, 15) is 0 Å². The van der Waals surface area contributed by atoms with Crippen LogP contribution in [0, 0.1) is 5.92 Å². The summed E-state index contributed by atoms with van der Waals surface area (Å²) in [6.45, 7) is 12.5. The molecule has 0 amide bonds. The molecule has 0 unspecified atom stereocenters. The van der Waals surface area contributed by atoms with Crippen molar-refractivity contribution < 1.29 is 0 Å². The lowest BCUT2D eigenvalue weighted by Crippen LogP contribution is -1.94. The number of hydrogen-bond donors (Lipinski definition) is 1. The van der Waals surface area contributed by atoms with E-state index in [4.69, 9.17) is 0 Å². The smallest absolute Gasteiger partial charge is 0.0414 e. The van der Waals surface area contributed by atoms with Gasteiger partial charge in [0.15, 0.2) is 0 Å². The van der Waals surface area contributed by atoms with Crippen LogP contribution in [0.2, 0.25) is 0 Å². The molecule has 0 bridgehead atoms. The maximum Gasteiger partial charge on any atom is 0.0414 e. The van der Waals surface area contributed by atoms with E-state index in [0.29, 0.717) is 0 Å². The van der Waals surface area contributed by atoms with Gasteiger partial charge in [0.05, 0.1) is 0 Å². The van der Waals surface area contributed by atoms with Gasteiger partial charge in [0.1, 0.15) is 0 Å². The van der Waals surface area contributed by atoms with Gasteiger partial charge in [-0.2, -0.15) is 0 Å². The van der Waals surface area contributed by atoms with Crippen molar-refractivity contribution in [2.75, 3.05) is 5.32 Å². The lowest BCUT2D eigenvalue weighted by atomic mass is 10.2. The fourth-order valence-corrected chi connectivity index (χ4v) is 0.945. The van der Waals surface area contributed by atoms with Gasteiger partial charge in [-0.15, -0.1) is 0 Å². The van der Waals surface area contributed by atoms with Gasteiger partial charge in [-0.3, -0.25) is 4.98 Å². The molecule has 104 valence electrons. The molecule has 1 aromatic rings. The van der Waals surface area contributed by atoms with Crippen LogP contribution in [-0.4, -0.2) is 4.98 Å². The van der Waals surface area contributed by atoms with Crippen LogP contribution in [0.5, 0.6) is 0 Å². The Morgan fingerprint density at radius 1 is 1.32 bits per heavy atom. The summed E-state index contributed by atoms with van der Waals surface area (Å²) >= 11 is 0. The Morgan fingerprint density at radius 3 is 2.37 bits per heavy atom. The van der Waals surface area contributed by atoms with Crippen molar-refractivity contribution in [1.29, 1.82) is 0 Å². The molecule has 0 fully saturated rings. The molecule has 0 aliphatic rings. The van der Waals surface area contributed by atoms with Crippen LogP contribution in [0.4, 0.5) is 5.69 Å². The van der Waals surface area contributed by atoms with Crippen molar-refractivity contribution in [2.45, 2.75) is 34.1 Å². The van der Waals surface area contributed by atoms with E-state index in [0.717, 1.165) is 17.3 Å². The maximum atomic E-state index is 3.93. The first-order valence-corrected chi connectivity index (χ1v) is 6.75. The highest BCUT2D eigenvalue weighted by Gasteiger charge is 1.89. The monoisotopic (exact) mass is 258 g/mol. The lowest BCUT2D eigenvalue weighted by Gasteiger charge is -2.03. The normalized spacial score (nSPS) is 10.6. The molecule has 0 saturated heterocycles. The first-order chi connectivity index (χ1) is 9.10. The van der Waals surface area contributed by atoms with Gasteiger partial charge in [0.25, 0.3) is 0 Å². The van der Waals surface area contributed by atoms with Crippen molar-refractivity contribution in [3.8, 4) is 0 Å². The largest absolute Gasteiger partial charge is 0.356 e. The molecule has 19 heavy (non-hydrogen) atoms. The molecule has 2 nitrogen and oxygen atoms in total. The molecule has 1 heterocycles. The summed E-state index contributed by atoms with van der Waals surface area (Å²) in [5.74, 6) is 0.884. The predicted octanol–water partition coefficient (Wildman–Crippen LogP) is 5.19. The summed E-state index contributed by atoms with van der Waals surface area (Å²) in [5, 5.41) is 3.15. The van der Waals surface area contributed by atoms with Gasteiger partial charge in [-0.05, 0) is 31.1 Å². The Balaban J connectivity index is 0.000000555. The highest BCUT2D eigenvalue weighted by molar-refractivity contribution is 5.48. The third-order valence-corrected chi connectivity index (χ3v) is 2.40. The Bertz CT molecular complexity index is 389. The van der Waals surface area contributed by atoms with Gasteiger partial charge in [-0.25, -0.2) is 0 Å². The second-order valence-corrected chi connectivity index (χ2v) is 4.57. The average Bonchev–Trinajstić information content (AvgIpc) is 2.41. The predicted molar refractivity (Wildman–Crippen MR) is 86.1 cm³/mol. The summed E-state index contributed by atoms with van der Waals surface area (Å²) < 4.78 is 0. The number of rotatable bonds is 5. The Labute approximate surface area is 118 Å². The fourth-order valence-electron chi connectivity index (χ4n) is 0.945. The molecule has 0 radical (unpaired) electrons. The Hall–Kier alpha value is -1.83. The van der Waals surface area contributed by atoms with E-state index >= 15 is 0 Å². The van der Waals surface area contributed by atoms with E-state index in [1.807, 2.05) is 43.4 Å². The fraction of sp³-hybridized carbons (Fsp3) is 0.353. The number of nitrogens with zero attached hydrogens (tertiary/aromatic N) is 1. The molecule has 2 heteroatoms. The van der Waals surface area contributed by atoms with Crippen LogP contribution in [0.15, 0.2) is 61.1 Å². The zero-order valence-corrected chi connectivity index (χ0v) is 12.6. The van der Waals surface area contributed by atoms with Crippen molar-refractivity contribution in [1.82, 2.24) is 4.98 Å². The quantitative estimate of drug-likeness (QED) is 0.735. The molecule has 0 aliphatic carbocycles. The first-order valence-electron chi connectivity index (χ1n) is 6.75. The standard InChI is InChI=1S/C12H14N2.C5H12/c1-3-4-5-6-11(2)14-12-7-9-13-10-8-12;1-4-5(2)3/h3-10H,2H2,1H3,(H,13,14);5H,4H2,1-3H3/b4-3-,6-5-;. The summed E-state index contributed by atoms with van der Waals surface area (Å²) in [5.41, 5.74) is 1.85. The maximum absolute atomic E-state index is 3.93. The zero-order chi connectivity index (χ0) is 14.5. The van der Waals surface area contributed by atoms with Gasteiger partial charge in [0, 0.05) is 23.8 Å². The summed E-state index contributed by atoms with van der Waals surface area (Å²) in [6.07, 6.45) is 12.6. The molecule has 1 aromatic heterocycles. The minimum Gasteiger partial charge on any atom is -0.356 e. The Kier molecular flexibility index (Phi) is 10.2. The molecule has 0 aliphatic heterocycles. The number of allylic oxidation sites excluding steroid dienone is 4. The highest BCUT2D eigenvalue weighted by Crippen LogP contribution is 2.06. The van der Waals surface area contributed by atoms with Crippen LogP contribution in [0.1, 0.15) is 34.1 Å². The summed E-state index contributed by atoms with van der Waals surface area (Å²) in [7, 11) is 0. The average molecular weight is 258 g/mol. The van der Waals surface area contributed by atoms with Gasteiger partial charge in [-0.1, -0.05) is 52.0 Å². The second-order valence-electron chi connectivity index (χ2n) is 4.57. The molecule has 1 N–H and O–H groups in total. The summed E-state index contributed by atoms with van der Waals surface area (Å²) in [6, 6.07) is 3.80. The van der Waals surface area contributed by atoms with Crippen LogP contribution in [0.3, 0.4) is 0 Å². The van der Waals surface area contributed by atoms with E-state index in [1.54, 1.807) is 12.4 Å². The second kappa shape index (κ2) is 11.3. The van der Waals surface area contributed by atoms with Crippen LogP contribution < -0.4 is 5.32 Å². The summed E-state index contributed by atoms with van der Waals surface area (Å²) in [4.78, 5) is 3.93. The number of hydrogen-bond acceptors (Lipinski definition) is 2. The minimum absolute atomic E-state index is 0.856.